The van der Waals surface area contributed by atoms with Crippen molar-refractivity contribution < 1.29 is 14.3 Å². The fourth-order valence-corrected chi connectivity index (χ4v) is 2.13. The molecule has 0 aliphatic carbocycles. The lowest BCUT2D eigenvalue weighted by Crippen LogP contribution is -2.21. The maximum Gasteiger partial charge on any atom is 0.244 e. The molecule has 1 amide bonds. The fraction of sp³-hybridized carbons (Fsp3) is 0.150. The highest BCUT2D eigenvalue weighted by Gasteiger charge is 2.00. The lowest BCUT2D eigenvalue weighted by molar-refractivity contribution is -0.116. The number of amides is 1. The second-order valence-electron chi connectivity index (χ2n) is 4.87. The van der Waals surface area contributed by atoms with Gasteiger partial charge in [0.25, 0.3) is 0 Å². The van der Waals surface area contributed by atoms with E-state index in [0.29, 0.717) is 16.5 Å². The van der Waals surface area contributed by atoms with Gasteiger partial charge < -0.3 is 14.8 Å². The minimum Gasteiger partial charge on any atom is -0.493 e. The Labute approximate surface area is 152 Å². The average Bonchev–Trinajstić information content (AvgIpc) is 2.64. The molecule has 2 rings (SSSR count). The summed E-state index contributed by atoms with van der Waals surface area (Å²) < 4.78 is 10.7. The van der Waals surface area contributed by atoms with Crippen LogP contribution in [0.2, 0.25) is 5.02 Å². The van der Waals surface area contributed by atoms with Crippen LogP contribution in [0.15, 0.2) is 54.6 Å². The summed E-state index contributed by atoms with van der Waals surface area (Å²) in [7, 11) is 1.58. The maximum absolute atomic E-state index is 11.7. The standard InChI is InChI=1S/C20H18ClNO3/c1-24-18-10-4-5-11-19(18)25-15-7-6-14-22-20(23)13-12-16-8-2-3-9-17(16)21/h2-5,8-13H,14-15H2,1H3,(H,22,23)/b13-12+. The number of halogens is 1. The first kappa shape index (κ1) is 18.4. The Hall–Kier alpha value is -2.90. The van der Waals surface area contributed by atoms with Crippen LogP contribution >= 0.6 is 11.6 Å². The lowest BCUT2D eigenvalue weighted by atomic mass is 10.2. The molecule has 1 N–H and O–H groups in total. The Morgan fingerprint density at radius 2 is 1.84 bits per heavy atom. The topological polar surface area (TPSA) is 47.6 Å². The van der Waals surface area contributed by atoms with E-state index < -0.39 is 0 Å². The first-order valence-electron chi connectivity index (χ1n) is 7.62. The first-order valence-corrected chi connectivity index (χ1v) is 8.00. The molecule has 25 heavy (non-hydrogen) atoms. The molecule has 0 aromatic heterocycles. The highest BCUT2D eigenvalue weighted by molar-refractivity contribution is 6.32. The summed E-state index contributed by atoms with van der Waals surface area (Å²) in [6.07, 6.45) is 3.09. The first-order chi connectivity index (χ1) is 12.2. The van der Waals surface area contributed by atoms with Crippen LogP contribution < -0.4 is 14.8 Å². The van der Waals surface area contributed by atoms with Gasteiger partial charge in [0.2, 0.25) is 5.91 Å². The molecule has 128 valence electrons. The summed E-state index contributed by atoms with van der Waals surface area (Å²) in [5.74, 6) is 6.71. The second-order valence-corrected chi connectivity index (χ2v) is 5.27. The number of benzene rings is 2. The molecule has 0 unspecified atom stereocenters. The third kappa shape index (κ3) is 6.25. The number of methoxy groups -OCH3 is 1. The molecule has 0 aliphatic rings. The normalized spacial score (nSPS) is 10.0. The van der Waals surface area contributed by atoms with E-state index in [2.05, 4.69) is 17.2 Å². The smallest absolute Gasteiger partial charge is 0.244 e. The van der Waals surface area contributed by atoms with Crippen LogP contribution in [0.25, 0.3) is 6.08 Å². The summed E-state index contributed by atoms with van der Waals surface area (Å²) in [5, 5.41) is 3.27. The number of hydrogen-bond donors (Lipinski definition) is 1. The van der Waals surface area contributed by atoms with Crippen LogP contribution in [-0.4, -0.2) is 26.2 Å². The van der Waals surface area contributed by atoms with E-state index in [9.17, 15) is 4.79 Å². The molecule has 4 nitrogen and oxygen atoms in total. The van der Waals surface area contributed by atoms with Gasteiger partial charge in [-0.25, -0.2) is 0 Å². The predicted octanol–water partition coefficient (Wildman–Crippen LogP) is 3.56. The number of nitrogens with one attached hydrogen (secondary N) is 1. The van der Waals surface area contributed by atoms with Crippen LogP contribution in [0.4, 0.5) is 0 Å². The van der Waals surface area contributed by atoms with Crippen molar-refractivity contribution in [1.29, 1.82) is 0 Å². The van der Waals surface area contributed by atoms with Gasteiger partial charge in [-0.3, -0.25) is 4.79 Å². The van der Waals surface area contributed by atoms with E-state index in [1.54, 1.807) is 19.3 Å². The Kier molecular flexibility index (Phi) is 7.42. The van der Waals surface area contributed by atoms with Crippen molar-refractivity contribution in [3.8, 4) is 23.3 Å². The molecule has 5 heteroatoms. The lowest BCUT2D eigenvalue weighted by Gasteiger charge is -2.07. The summed E-state index contributed by atoms with van der Waals surface area (Å²) in [6.45, 7) is 0.451. The van der Waals surface area contributed by atoms with Gasteiger partial charge in [-0.15, -0.1) is 0 Å². The van der Waals surface area contributed by atoms with Crippen molar-refractivity contribution in [2.24, 2.45) is 0 Å². The van der Waals surface area contributed by atoms with Crippen LogP contribution in [0, 0.1) is 11.8 Å². The van der Waals surface area contributed by atoms with Gasteiger partial charge in [0.05, 0.1) is 13.7 Å². The number of ether oxygens (including phenoxy) is 2. The number of carbonyl (C=O) groups excluding carboxylic acids is 1. The highest BCUT2D eigenvalue weighted by Crippen LogP contribution is 2.25. The number of carbonyl (C=O) groups is 1. The van der Waals surface area contributed by atoms with E-state index in [0.717, 1.165) is 5.56 Å². The second kappa shape index (κ2) is 10.1. The van der Waals surface area contributed by atoms with E-state index in [1.165, 1.54) is 6.08 Å². The summed E-state index contributed by atoms with van der Waals surface area (Å²) in [4.78, 5) is 11.7. The van der Waals surface area contributed by atoms with E-state index in [-0.39, 0.29) is 19.1 Å². The third-order valence-electron chi connectivity index (χ3n) is 3.16. The summed E-state index contributed by atoms with van der Waals surface area (Å²) in [5.41, 5.74) is 0.788. The predicted molar refractivity (Wildman–Crippen MR) is 99.8 cm³/mol. The number of hydrogen-bond acceptors (Lipinski definition) is 3. The van der Waals surface area contributed by atoms with Crippen LogP contribution in [0.5, 0.6) is 11.5 Å². The van der Waals surface area contributed by atoms with Gasteiger partial charge in [0.15, 0.2) is 11.5 Å². The van der Waals surface area contributed by atoms with Gasteiger partial charge in [0, 0.05) is 11.1 Å². The monoisotopic (exact) mass is 355 g/mol. The van der Waals surface area contributed by atoms with E-state index in [4.69, 9.17) is 21.1 Å². The van der Waals surface area contributed by atoms with E-state index in [1.807, 2.05) is 42.5 Å². The van der Waals surface area contributed by atoms with Crippen molar-refractivity contribution in [2.45, 2.75) is 0 Å². The largest absolute Gasteiger partial charge is 0.493 e. The minimum absolute atomic E-state index is 0.214. The Morgan fingerprint density at radius 3 is 2.60 bits per heavy atom. The fourth-order valence-electron chi connectivity index (χ4n) is 1.93. The Balaban J connectivity index is 1.73. The van der Waals surface area contributed by atoms with Gasteiger partial charge in [0.1, 0.15) is 6.61 Å². The highest BCUT2D eigenvalue weighted by atomic mass is 35.5. The van der Waals surface area contributed by atoms with Gasteiger partial charge in [-0.1, -0.05) is 53.8 Å². The Morgan fingerprint density at radius 1 is 1.12 bits per heavy atom. The van der Waals surface area contributed by atoms with Gasteiger partial charge in [-0.05, 0) is 29.8 Å². The Bertz CT molecular complexity index is 806. The molecule has 0 saturated heterocycles. The number of para-hydroxylation sites is 2. The molecule has 0 bridgehead atoms. The molecule has 0 spiro atoms. The molecule has 0 fully saturated rings. The third-order valence-corrected chi connectivity index (χ3v) is 3.51. The quantitative estimate of drug-likeness (QED) is 0.636. The van der Waals surface area contributed by atoms with Crippen molar-refractivity contribution in [2.75, 3.05) is 20.3 Å². The zero-order chi connectivity index (χ0) is 17.9. The molecular formula is C20H18ClNO3. The molecule has 0 aliphatic heterocycles. The van der Waals surface area contributed by atoms with Crippen LogP contribution in [-0.2, 0) is 4.79 Å². The summed E-state index contributed by atoms with van der Waals surface area (Å²) >= 11 is 6.01. The molecule has 0 atom stereocenters. The molecule has 2 aromatic carbocycles. The molecular weight excluding hydrogens is 338 g/mol. The van der Waals surface area contributed by atoms with Crippen molar-refractivity contribution in [1.82, 2.24) is 5.32 Å². The van der Waals surface area contributed by atoms with Crippen molar-refractivity contribution in [3.05, 3.63) is 65.2 Å². The summed E-state index contributed by atoms with van der Waals surface area (Å²) in [6, 6.07) is 14.6. The zero-order valence-corrected chi connectivity index (χ0v) is 14.5. The van der Waals surface area contributed by atoms with Crippen molar-refractivity contribution in [3.63, 3.8) is 0 Å². The average molecular weight is 356 g/mol. The number of rotatable bonds is 6. The van der Waals surface area contributed by atoms with Crippen LogP contribution in [0.3, 0.4) is 0 Å². The molecule has 0 radical (unpaired) electrons. The van der Waals surface area contributed by atoms with Crippen LogP contribution in [0.1, 0.15) is 5.56 Å². The van der Waals surface area contributed by atoms with Crippen molar-refractivity contribution >= 4 is 23.6 Å². The molecule has 2 aromatic rings. The van der Waals surface area contributed by atoms with Gasteiger partial charge in [-0.2, -0.15) is 0 Å². The molecule has 0 heterocycles. The zero-order valence-electron chi connectivity index (χ0n) is 13.8. The maximum atomic E-state index is 11.7. The SMILES string of the molecule is COc1ccccc1OCC#CCNC(=O)/C=C/c1ccccc1Cl. The van der Waals surface area contributed by atoms with Gasteiger partial charge >= 0.3 is 0 Å². The molecule has 0 saturated carbocycles. The van der Waals surface area contributed by atoms with E-state index >= 15 is 0 Å². The minimum atomic E-state index is -0.236.